The predicted octanol–water partition coefficient (Wildman–Crippen LogP) is 3.53. The van der Waals surface area contributed by atoms with Crippen LogP contribution in [0.2, 0.25) is 0 Å². The van der Waals surface area contributed by atoms with E-state index >= 15 is 0 Å². The summed E-state index contributed by atoms with van der Waals surface area (Å²) in [7, 11) is 0. The minimum atomic E-state index is 0.00148. The van der Waals surface area contributed by atoms with Crippen LogP contribution in [0.15, 0.2) is 60.7 Å². The van der Waals surface area contributed by atoms with Crippen molar-refractivity contribution in [3.8, 4) is 5.69 Å². The van der Waals surface area contributed by atoms with E-state index in [4.69, 9.17) is 12.2 Å². The average molecular weight is 338 g/mol. The lowest BCUT2D eigenvalue weighted by atomic mass is 10.2. The van der Waals surface area contributed by atoms with Gasteiger partial charge in [-0.1, -0.05) is 36.4 Å². The molecule has 5 nitrogen and oxygen atoms in total. The van der Waals surface area contributed by atoms with E-state index in [0.717, 1.165) is 17.2 Å². The van der Waals surface area contributed by atoms with Crippen LogP contribution in [0.4, 0.5) is 5.69 Å². The Kier molecular flexibility index (Phi) is 4.86. The second-order valence-corrected chi connectivity index (χ2v) is 5.76. The molecule has 0 saturated heterocycles. The molecule has 0 radical (unpaired) electrons. The highest BCUT2D eigenvalue weighted by Gasteiger charge is 2.14. The minimum Gasteiger partial charge on any atom is -0.312 e. The van der Waals surface area contributed by atoms with E-state index in [1.165, 1.54) is 0 Å². The number of para-hydroxylation sites is 2. The van der Waals surface area contributed by atoms with E-state index in [2.05, 4.69) is 10.2 Å². The molecule has 0 aliphatic carbocycles. The summed E-state index contributed by atoms with van der Waals surface area (Å²) in [4.78, 5) is 13.7. The molecule has 3 aromatic rings. The zero-order chi connectivity index (χ0) is 16.9. The lowest BCUT2D eigenvalue weighted by Gasteiger charge is -2.21. The van der Waals surface area contributed by atoms with Crippen LogP contribution in [0, 0.1) is 4.77 Å². The van der Waals surface area contributed by atoms with E-state index in [1.54, 1.807) is 11.8 Å². The van der Waals surface area contributed by atoms with Gasteiger partial charge < -0.3 is 4.90 Å². The summed E-state index contributed by atoms with van der Waals surface area (Å²) in [6.45, 7) is 2.10. The number of benzene rings is 2. The Morgan fingerprint density at radius 2 is 1.75 bits per heavy atom. The first kappa shape index (κ1) is 16.1. The molecular formula is C18H18N4OS. The molecule has 1 aromatic heterocycles. The van der Waals surface area contributed by atoms with Gasteiger partial charge in [-0.3, -0.25) is 14.5 Å². The molecule has 1 heterocycles. The maximum atomic E-state index is 12.0. The lowest BCUT2D eigenvalue weighted by molar-refractivity contribution is -0.116. The molecule has 3 rings (SSSR count). The molecule has 0 spiro atoms. The molecule has 0 atom stereocenters. The molecule has 0 bridgehead atoms. The summed E-state index contributed by atoms with van der Waals surface area (Å²) in [5, 5.41) is 7.17. The van der Waals surface area contributed by atoms with E-state index < -0.39 is 0 Å². The first-order valence-electron chi connectivity index (χ1n) is 7.71. The van der Waals surface area contributed by atoms with Gasteiger partial charge in [0.1, 0.15) is 5.82 Å². The fraction of sp³-hybridized carbons (Fsp3) is 0.167. The smallest absolute Gasteiger partial charge is 0.223 e. The van der Waals surface area contributed by atoms with Crippen LogP contribution >= 0.6 is 12.2 Å². The normalized spacial score (nSPS) is 10.5. The summed E-state index contributed by atoms with van der Waals surface area (Å²) in [6.07, 6.45) is 0.594. The number of carbonyl (C=O) groups excluding carboxylic acids is 1. The van der Waals surface area contributed by atoms with Crippen LogP contribution in [0.5, 0.6) is 0 Å². The largest absolute Gasteiger partial charge is 0.312 e. The molecule has 0 aliphatic heterocycles. The number of anilines is 1. The summed E-state index contributed by atoms with van der Waals surface area (Å²) in [5.74, 6) is 0.801. The quantitative estimate of drug-likeness (QED) is 0.724. The van der Waals surface area contributed by atoms with Crippen LogP contribution in [0.25, 0.3) is 5.69 Å². The lowest BCUT2D eigenvalue weighted by Crippen LogP contribution is -2.31. The minimum absolute atomic E-state index is 0.00148. The second kappa shape index (κ2) is 7.23. The van der Waals surface area contributed by atoms with Crippen molar-refractivity contribution in [2.45, 2.75) is 13.3 Å². The van der Waals surface area contributed by atoms with Crippen molar-refractivity contribution in [1.82, 2.24) is 14.8 Å². The van der Waals surface area contributed by atoms with Crippen LogP contribution in [-0.2, 0) is 11.2 Å². The van der Waals surface area contributed by atoms with Crippen molar-refractivity contribution in [3.63, 3.8) is 0 Å². The van der Waals surface area contributed by atoms with Crippen molar-refractivity contribution in [2.24, 2.45) is 0 Å². The van der Waals surface area contributed by atoms with Crippen molar-refractivity contribution < 1.29 is 4.79 Å². The van der Waals surface area contributed by atoms with Crippen LogP contribution in [0.3, 0.4) is 0 Å². The van der Waals surface area contributed by atoms with Gasteiger partial charge in [0.25, 0.3) is 0 Å². The second-order valence-electron chi connectivity index (χ2n) is 5.37. The molecule has 24 heavy (non-hydrogen) atoms. The number of amides is 1. The van der Waals surface area contributed by atoms with Gasteiger partial charge in [-0.2, -0.15) is 5.10 Å². The number of nitrogens with zero attached hydrogens (tertiary/aromatic N) is 3. The third-order valence-electron chi connectivity index (χ3n) is 3.76. The fourth-order valence-electron chi connectivity index (χ4n) is 2.63. The number of aromatic amines is 1. The number of carbonyl (C=O) groups is 1. The number of hydrogen-bond donors (Lipinski definition) is 1. The molecule has 1 N–H and O–H groups in total. The molecule has 122 valence electrons. The Balaban J connectivity index is 1.85. The molecular weight excluding hydrogens is 320 g/mol. The standard InChI is InChI=1S/C18H18N4OS/c1-14(23)21(15-8-4-2-5-9-15)13-12-17-19-20-18(24)22(17)16-10-6-3-7-11-16/h2-11H,12-13H2,1H3,(H,20,24). The van der Waals surface area contributed by atoms with Gasteiger partial charge in [0, 0.05) is 31.3 Å². The highest BCUT2D eigenvalue weighted by molar-refractivity contribution is 7.71. The molecule has 0 unspecified atom stereocenters. The van der Waals surface area contributed by atoms with Gasteiger partial charge in [-0.05, 0) is 36.5 Å². The van der Waals surface area contributed by atoms with Crippen molar-refractivity contribution in [3.05, 3.63) is 71.3 Å². The number of rotatable bonds is 5. The van der Waals surface area contributed by atoms with Crippen molar-refractivity contribution in [1.29, 1.82) is 0 Å². The SMILES string of the molecule is CC(=O)N(CCc1n[nH]c(=S)n1-c1ccccc1)c1ccccc1. The van der Waals surface area contributed by atoms with Crippen LogP contribution in [0.1, 0.15) is 12.7 Å². The van der Waals surface area contributed by atoms with E-state index in [-0.39, 0.29) is 5.91 Å². The third kappa shape index (κ3) is 3.44. The van der Waals surface area contributed by atoms with Crippen LogP contribution in [-0.4, -0.2) is 27.2 Å². The van der Waals surface area contributed by atoms with Crippen LogP contribution < -0.4 is 4.90 Å². The summed E-state index contributed by atoms with van der Waals surface area (Å²) in [6, 6.07) is 19.5. The van der Waals surface area contributed by atoms with Crippen molar-refractivity contribution >= 4 is 23.8 Å². The van der Waals surface area contributed by atoms with Gasteiger partial charge in [0.15, 0.2) is 4.77 Å². The zero-order valence-electron chi connectivity index (χ0n) is 13.3. The first-order chi connectivity index (χ1) is 11.7. The first-order valence-corrected chi connectivity index (χ1v) is 8.12. The highest BCUT2D eigenvalue weighted by Crippen LogP contribution is 2.16. The zero-order valence-corrected chi connectivity index (χ0v) is 14.2. The maximum Gasteiger partial charge on any atom is 0.223 e. The number of hydrogen-bond acceptors (Lipinski definition) is 3. The Bertz CT molecular complexity index is 871. The highest BCUT2D eigenvalue weighted by atomic mass is 32.1. The Morgan fingerprint density at radius 1 is 1.12 bits per heavy atom. The van der Waals surface area contributed by atoms with E-state index in [9.17, 15) is 4.79 Å². The molecule has 0 saturated carbocycles. The molecule has 6 heteroatoms. The predicted molar refractivity (Wildman–Crippen MR) is 96.9 cm³/mol. The number of H-pyrrole nitrogens is 1. The average Bonchev–Trinajstić information content (AvgIpc) is 2.97. The van der Waals surface area contributed by atoms with E-state index in [1.807, 2.05) is 65.2 Å². The Morgan fingerprint density at radius 3 is 2.38 bits per heavy atom. The monoisotopic (exact) mass is 338 g/mol. The topological polar surface area (TPSA) is 53.9 Å². The fourth-order valence-corrected chi connectivity index (χ4v) is 2.89. The van der Waals surface area contributed by atoms with Gasteiger partial charge in [-0.15, -0.1) is 0 Å². The van der Waals surface area contributed by atoms with Gasteiger partial charge >= 0.3 is 0 Å². The van der Waals surface area contributed by atoms with Crippen molar-refractivity contribution in [2.75, 3.05) is 11.4 Å². The van der Waals surface area contributed by atoms with Gasteiger partial charge in [0.05, 0.1) is 0 Å². The summed E-state index contributed by atoms with van der Waals surface area (Å²) in [5.41, 5.74) is 1.84. The summed E-state index contributed by atoms with van der Waals surface area (Å²) < 4.78 is 2.45. The number of nitrogens with one attached hydrogen (secondary N) is 1. The van der Waals surface area contributed by atoms with E-state index in [0.29, 0.717) is 17.7 Å². The third-order valence-corrected chi connectivity index (χ3v) is 4.04. The molecule has 1 amide bonds. The molecule has 0 aliphatic rings. The van der Waals surface area contributed by atoms with Gasteiger partial charge in [0.2, 0.25) is 5.91 Å². The molecule has 2 aromatic carbocycles. The Labute approximate surface area is 145 Å². The maximum absolute atomic E-state index is 12.0. The Hall–Kier alpha value is -2.73. The number of aromatic nitrogens is 3. The summed E-state index contributed by atoms with van der Waals surface area (Å²) >= 11 is 5.34. The molecule has 0 fully saturated rings. The van der Waals surface area contributed by atoms with Gasteiger partial charge in [-0.25, -0.2) is 0 Å².